The van der Waals surface area contributed by atoms with Gasteiger partial charge in [0.05, 0.1) is 12.8 Å². The van der Waals surface area contributed by atoms with Crippen LogP contribution in [0.1, 0.15) is 134 Å². The van der Waals surface area contributed by atoms with Crippen molar-refractivity contribution in [2.24, 2.45) is 17.8 Å². The van der Waals surface area contributed by atoms with Gasteiger partial charge in [-0.1, -0.05) is 62.3 Å². The number of carbonyl (C=O) groups excluding carboxylic acids is 3. The van der Waals surface area contributed by atoms with Gasteiger partial charge in [-0.25, -0.2) is 4.79 Å². The van der Waals surface area contributed by atoms with Gasteiger partial charge in [0.2, 0.25) is 0 Å². The smallest absolute Gasteiger partial charge is 0.339 e. The minimum atomic E-state index is -2.40. The molecule has 3 atom stereocenters. The van der Waals surface area contributed by atoms with Crippen LogP contribution in [-0.4, -0.2) is 45.4 Å². The van der Waals surface area contributed by atoms with Crippen molar-refractivity contribution in [3.05, 3.63) is 0 Å². The molecule has 0 rings (SSSR count). The van der Waals surface area contributed by atoms with Gasteiger partial charge in [-0.05, 0) is 77.0 Å². The third-order valence-corrected chi connectivity index (χ3v) is 7.08. The first-order chi connectivity index (χ1) is 16.8. The average Bonchev–Trinajstić information content (AvgIpc) is 2.71. The predicted octanol–water partition coefficient (Wildman–Crippen LogP) is 6.77. The van der Waals surface area contributed by atoms with Crippen LogP contribution < -0.4 is 0 Å². The summed E-state index contributed by atoms with van der Waals surface area (Å²) in [6, 6.07) is 0. The Morgan fingerprint density at radius 3 is 1.11 bits per heavy atom. The lowest BCUT2D eigenvalue weighted by Gasteiger charge is -2.36. The van der Waals surface area contributed by atoms with E-state index in [0.717, 1.165) is 0 Å². The summed E-state index contributed by atoms with van der Waals surface area (Å²) in [6.45, 7) is 23.4. The molecule has 0 aromatic heterocycles. The molecule has 0 fully saturated rings. The van der Waals surface area contributed by atoms with E-state index in [2.05, 4.69) is 0 Å². The molecule has 0 aromatic carbocycles. The Balaban J connectivity index is 6.05. The van der Waals surface area contributed by atoms with Crippen LogP contribution in [0.5, 0.6) is 0 Å². The normalized spacial score (nSPS) is 18.5. The molecule has 0 saturated carbocycles. The van der Waals surface area contributed by atoms with Crippen LogP contribution >= 0.6 is 0 Å². The van der Waals surface area contributed by atoms with E-state index in [0.29, 0.717) is 38.5 Å². The van der Waals surface area contributed by atoms with Gasteiger partial charge >= 0.3 is 17.9 Å². The maximum atomic E-state index is 13.4. The van der Waals surface area contributed by atoms with Gasteiger partial charge in [0, 0.05) is 0 Å². The summed E-state index contributed by atoms with van der Waals surface area (Å²) in [7, 11) is 0. The summed E-state index contributed by atoms with van der Waals surface area (Å²) >= 11 is 0. The highest BCUT2D eigenvalue weighted by Gasteiger charge is 2.47. The van der Waals surface area contributed by atoms with E-state index < -0.39 is 53.2 Å². The summed E-state index contributed by atoms with van der Waals surface area (Å²) in [5.74, 6) is -1.70. The second-order valence-electron chi connectivity index (χ2n) is 12.9. The quantitative estimate of drug-likeness (QED) is 0.164. The van der Waals surface area contributed by atoms with E-state index in [9.17, 15) is 19.5 Å². The van der Waals surface area contributed by atoms with Crippen molar-refractivity contribution in [1.82, 2.24) is 0 Å². The number of rotatable bonds is 17. The topological polar surface area (TPSA) is 99.1 Å². The zero-order valence-electron chi connectivity index (χ0n) is 25.8. The molecular formula is C30H56O7. The minimum absolute atomic E-state index is 0.239. The molecular weight excluding hydrogens is 472 g/mol. The van der Waals surface area contributed by atoms with Gasteiger partial charge in [0.25, 0.3) is 0 Å². The van der Waals surface area contributed by atoms with Crippen molar-refractivity contribution >= 4 is 17.9 Å². The first-order valence-electron chi connectivity index (χ1n) is 14.2. The standard InChI is InChI=1S/C30H56O7/c1-13-27(10,16-21(4)5)35-24(31)19-30(34,26(33)37-29(12,15-3)18-23(8)9)20-25(32)36-28(11,14-2)17-22(6)7/h21-23,34H,13-20H2,1-12H3. The van der Waals surface area contributed by atoms with E-state index in [1.165, 1.54) is 0 Å². The van der Waals surface area contributed by atoms with Gasteiger partial charge in [0.1, 0.15) is 16.8 Å². The third kappa shape index (κ3) is 12.6. The van der Waals surface area contributed by atoms with Crippen molar-refractivity contribution < 1.29 is 33.7 Å². The van der Waals surface area contributed by atoms with Crippen LogP contribution in [0.3, 0.4) is 0 Å². The second-order valence-corrected chi connectivity index (χ2v) is 12.9. The van der Waals surface area contributed by atoms with Gasteiger partial charge in [-0.15, -0.1) is 0 Å². The van der Waals surface area contributed by atoms with E-state index in [4.69, 9.17) is 14.2 Å². The second kappa shape index (κ2) is 14.5. The molecule has 1 N–H and O–H groups in total. The molecule has 0 aliphatic rings. The molecule has 0 bridgehead atoms. The number of hydrogen-bond acceptors (Lipinski definition) is 7. The van der Waals surface area contributed by atoms with Crippen LogP contribution in [0.2, 0.25) is 0 Å². The van der Waals surface area contributed by atoms with Gasteiger partial charge in [-0.2, -0.15) is 0 Å². The molecule has 0 heterocycles. The van der Waals surface area contributed by atoms with Crippen LogP contribution in [0.4, 0.5) is 0 Å². The molecule has 0 saturated heterocycles. The first-order valence-corrected chi connectivity index (χ1v) is 14.2. The largest absolute Gasteiger partial charge is 0.459 e. The molecule has 0 aliphatic heterocycles. The summed E-state index contributed by atoms with van der Waals surface area (Å²) in [4.78, 5) is 39.5. The molecule has 0 spiro atoms. The van der Waals surface area contributed by atoms with Crippen molar-refractivity contribution in [3.63, 3.8) is 0 Å². The molecule has 37 heavy (non-hydrogen) atoms. The molecule has 0 aliphatic carbocycles. The maximum Gasteiger partial charge on any atom is 0.339 e. The van der Waals surface area contributed by atoms with E-state index in [1.807, 2.05) is 76.2 Å². The van der Waals surface area contributed by atoms with Crippen molar-refractivity contribution in [3.8, 4) is 0 Å². The van der Waals surface area contributed by atoms with Gasteiger partial charge in [0.15, 0.2) is 5.60 Å². The van der Waals surface area contributed by atoms with Crippen LogP contribution in [-0.2, 0) is 28.6 Å². The first kappa shape index (κ1) is 35.4. The monoisotopic (exact) mass is 528 g/mol. The maximum absolute atomic E-state index is 13.4. The summed E-state index contributed by atoms with van der Waals surface area (Å²) in [5, 5.41) is 11.5. The molecule has 0 amide bonds. The Bertz CT molecular complexity index is 704. The molecule has 7 nitrogen and oxygen atoms in total. The number of ether oxygens (including phenoxy) is 3. The lowest BCUT2D eigenvalue weighted by atomic mass is 9.89. The fourth-order valence-electron chi connectivity index (χ4n) is 4.99. The number of esters is 3. The Morgan fingerprint density at radius 2 is 0.865 bits per heavy atom. The predicted molar refractivity (Wildman–Crippen MR) is 147 cm³/mol. The van der Waals surface area contributed by atoms with Crippen LogP contribution in [0, 0.1) is 17.8 Å². The van der Waals surface area contributed by atoms with Gasteiger partial charge < -0.3 is 19.3 Å². The Labute approximate surface area is 226 Å². The Kier molecular flexibility index (Phi) is 13.9. The molecule has 218 valence electrons. The molecule has 3 unspecified atom stereocenters. The molecule has 7 heteroatoms. The Morgan fingerprint density at radius 1 is 0.595 bits per heavy atom. The fraction of sp³-hybridized carbons (Fsp3) is 0.900. The zero-order valence-corrected chi connectivity index (χ0v) is 25.8. The van der Waals surface area contributed by atoms with Crippen molar-refractivity contribution in [2.75, 3.05) is 0 Å². The van der Waals surface area contributed by atoms with Crippen molar-refractivity contribution in [2.45, 2.75) is 157 Å². The van der Waals surface area contributed by atoms with Crippen LogP contribution in [0.15, 0.2) is 0 Å². The molecule has 0 aromatic rings. The van der Waals surface area contributed by atoms with E-state index in [1.54, 1.807) is 6.92 Å². The highest BCUT2D eigenvalue weighted by atomic mass is 16.6. The minimum Gasteiger partial charge on any atom is -0.459 e. The average molecular weight is 529 g/mol. The summed E-state index contributed by atoms with van der Waals surface area (Å²) in [6.07, 6.45) is 2.13. The number of aliphatic hydroxyl groups is 1. The zero-order chi connectivity index (χ0) is 29.2. The number of carbonyl (C=O) groups is 3. The summed E-state index contributed by atoms with van der Waals surface area (Å²) in [5.41, 5.74) is -4.74. The van der Waals surface area contributed by atoms with Crippen LogP contribution in [0.25, 0.3) is 0 Å². The summed E-state index contributed by atoms with van der Waals surface area (Å²) < 4.78 is 17.3. The van der Waals surface area contributed by atoms with Crippen molar-refractivity contribution in [1.29, 1.82) is 0 Å². The molecule has 0 radical (unpaired) electrons. The number of hydrogen-bond donors (Lipinski definition) is 1. The SMILES string of the molecule is CCC(C)(CC(C)C)OC(=O)CC(O)(CC(=O)OC(C)(CC)CC(C)C)C(=O)OC(C)(CC)CC(C)C. The van der Waals surface area contributed by atoms with E-state index in [-0.39, 0.29) is 17.8 Å². The highest BCUT2D eigenvalue weighted by molar-refractivity contribution is 5.90. The third-order valence-electron chi connectivity index (χ3n) is 7.08. The fourth-order valence-corrected chi connectivity index (χ4v) is 4.99. The lowest BCUT2D eigenvalue weighted by Crippen LogP contribution is -2.50. The van der Waals surface area contributed by atoms with Gasteiger partial charge in [-0.3, -0.25) is 9.59 Å². The van der Waals surface area contributed by atoms with E-state index >= 15 is 0 Å². The lowest BCUT2D eigenvalue weighted by molar-refractivity contribution is -0.195. The Hall–Kier alpha value is -1.63. The highest BCUT2D eigenvalue weighted by Crippen LogP contribution is 2.32.